The van der Waals surface area contributed by atoms with E-state index in [2.05, 4.69) is 15.6 Å². The summed E-state index contributed by atoms with van der Waals surface area (Å²) in [7, 11) is 3.58. The van der Waals surface area contributed by atoms with Crippen LogP contribution in [-0.4, -0.2) is 50.0 Å². The Morgan fingerprint density at radius 1 is 1.14 bits per heavy atom. The van der Waals surface area contributed by atoms with Crippen molar-refractivity contribution < 1.29 is 14.3 Å². The third-order valence-corrected chi connectivity index (χ3v) is 5.68. The number of piperidine rings is 1. The number of carbonyl (C=O) groups excluding carboxylic acids is 2. The third-order valence-electron chi connectivity index (χ3n) is 5.68. The fourth-order valence-electron chi connectivity index (χ4n) is 4.13. The van der Waals surface area contributed by atoms with E-state index in [0.29, 0.717) is 19.6 Å². The Balaban J connectivity index is 1.46. The van der Waals surface area contributed by atoms with E-state index >= 15 is 0 Å². The molecule has 3 atom stereocenters. The summed E-state index contributed by atoms with van der Waals surface area (Å²) in [6.07, 6.45) is 0. The standard InChI is InChI=1S/C22H26N4O3/c1-25-13-18(21(27)23-12-15-8-10-17(29-2)11-9-15)20-19(14-25)22(28)26(24-20)16-6-4-3-5-7-16/h3-11,18-20,24H,12-14H2,1-2H3,(H,23,27). The number of amides is 2. The molecule has 0 aromatic heterocycles. The lowest BCUT2D eigenvalue weighted by molar-refractivity contribution is -0.129. The fourth-order valence-corrected chi connectivity index (χ4v) is 4.13. The lowest BCUT2D eigenvalue weighted by Gasteiger charge is -2.36. The summed E-state index contributed by atoms with van der Waals surface area (Å²) < 4.78 is 5.17. The molecule has 2 aromatic rings. The van der Waals surface area contributed by atoms with Crippen LogP contribution in [0.2, 0.25) is 0 Å². The van der Waals surface area contributed by atoms with E-state index in [4.69, 9.17) is 4.74 Å². The number of hydrogen-bond donors (Lipinski definition) is 2. The maximum absolute atomic E-state index is 13.0. The van der Waals surface area contributed by atoms with Crippen molar-refractivity contribution in [1.29, 1.82) is 0 Å². The zero-order chi connectivity index (χ0) is 20.4. The second kappa shape index (κ2) is 8.23. The van der Waals surface area contributed by atoms with Gasteiger partial charge in [0.05, 0.1) is 30.7 Å². The van der Waals surface area contributed by atoms with Gasteiger partial charge in [0, 0.05) is 19.6 Å². The van der Waals surface area contributed by atoms with Crippen LogP contribution in [0.5, 0.6) is 5.75 Å². The van der Waals surface area contributed by atoms with Gasteiger partial charge in [-0.3, -0.25) is 9.59 Å². The Morgan fingerprint density at radius 2 is 1.86 bits per heavy atom. The van der Waals surface area contributed by atoms with Crippen molar-refractivity contribution >= 4 is 17.5 Å². The number of benzene rings is 2. The molecule has 2 aliphatic rings. The molecule has 2 amide bonds. The van der Waals surface area contributed by atoms with Crippen molar-refractivity contribution in [3.8, 4) is 5.75 Å². The number of anilines is 1. The van der Waals surface area contributed by atoms with Crippen molar-refractivity contribution in [1.82, 2.24) is 15.6 Å². The van der Waals surface area contributed by atoms with Gasteiger partial charge in [-0.15, -0.1) is 0 Å². The number of fused-ring (bicyclic) bond motifs is 1. The van der Waals surface area contributed by atoms with Gasteiger partial charge in [-0.25, -0.2) is 10.4 Å². The van der Waals surface area contributed by atoms with Crippen LogP contribution in [0.1, 0.15) is 5.56 Å². The molecule has 2 aromatic carbocycles. The lowest BCUT2D eigenvalue weighted by Crippen LogP contribution is -2.56. The Bertz CT molecular complexity index is 871. The molecule has 2 heterocycles. The first kappa shape index (κ1) is 19.4. The largest absolute Gasteiger partial charge is 0.497 e. The molecule has 0 bridgehead atoms. The fraction of sp³-hybridized carbons (Fsp3) is 0.364. The average molecular weight is 394 g/mol. The molecule has 4 rings (SSSR count). The molecule has 2 saturated heterocycles. The summed E-state index contributed by atoms with van der Waals surface area (Å²) in [6, 6.07) is 16.9. The minimum absolute atomic E-state index is 0.0145. The average Bonchev–Trinajstić information content (AvgIpc) is 3.09. The molecule has 2 aliphatic heterocycles. The van der Waals surface area contributed by atoms with E-state index in [-0.39, 0.29) is 29.7 Å². The first-order chi connectivity index (χ1) is 14.1. The Morgan fingerprint density at radius 3 is 2.55 bits per heavy atom. The molecule has 152 valence electrons. The molecule has 0 saturated carbocycles. The Hall–Kier alpha value is -2.90. The lowest BCUT2D eigenvalue weighted by atomic mass is 9.84. The zero-order valence-electron chi connectivity index (χ0n) is 16.7. The molecule has 0 radical (unpaired) electrons. The molecule has 7 nitrogen and oxygen atoms in total. The predicted molar refractivity (Wildman–Crippen MR) is 110 cm³/mol. The topological polar surface area (TPSA) is 73.9 Å². The number of carbonyl (C=O) groups is 2. The quantitative estimate of drug-likeness (QED) is 0.802. The molecule has 29 heavy (non-hydrogen) atoms. The highest BCUT2D eigenvalue weighted by Gasteiger charge is 2.50. The number of hydrazine groups is 1. The highest BCUT2D eigenvalue weighted by Crippen LogP contribution is 2.31. The number of methoxy groups -OCH3 is 1. The maximum atomic E-state index is 13.0. The van der Waals surface area contributed by atoms with Gasteiger partial charge in [-0.2, -0.15) is 0 Å². The molecule has 3 unspecified atom stereocenters. The summed E-state index contributed by atoms with van der Waals surface area (Å²) in [5.41, 5.74) is 5.10. The van der Waals surface area contributed by atoms with Crippen molar-refractivity contribution in [2.24, 2.45) is 11.8 Å². The molecular formula is C22H26N4O3. The number of rotatable bonds is 5. The number of likely N-dealkylation sites (tertiary alicyclic amines) is 1. The van der Waals surface area contributed by atoms with Gasteiger partial charge in [0.25, 0.3) is 0 Å². The van der Waals surface area contributed by atoms with Gasteiger partial charge in [0.15, 0.2) is 0 Å². The van der Waals surface area contributed by atoms with Gasteiger partial charge in [0.2, 0.25) is 11.8 Å². The van der Waals surface area contributed by atoms with Crippen LogP contribution in [-0.2, 0) is 16.1 Å². The van der Waals surface area contributed by atoms with Gasteiger partial charge in [-0.1, -0.05) is 30.3 Å². The molecule has 2 N–H and O–H groups in total. The smallest absolute Gasteiger partial charge is 0.247 e. The highest BCUT2D eigenvalue weighted by molar-refractivity contribution is 5.98. The molecule has 7 heteroatoms. The second-order valence-electron chi connectivity index (χ2n) is 7.66. The van der Waals surface area contributed by atoms with Crippen LogP contribution in [0.4, 0.5) is 5.69 Å². The number of para-hydroxylation sites is 1. The van der Waals surface area contributed by atoms with Crippen molar-refractivity contribution in [3.63, 3.8) is 0 Å². The van der Waals surface area contributed by atoms with E-state index in [1.54, 1.807) is 12.1 Å². The van der Waals surface area contributed by atoms with Crippen LogP contribution in [0.25, 0.3) is 0 Å². The molecule has 0 spiro atoms. The number of nitrogens with one attached hydrogen (secondary N) is 2. The summed E-state index contributed by atoms with van der Waals surface area (Å²) in [4.78, 5) is 28.0. The normalized spacial score (nSPS) is 24.3. The van der Waals surface area contributed by atoms with Crippen LogP contribution in [0, 0.1) is 11.8 Å². The summed E-state index contributed by atoms with van der Waals surface area (Å²) in [5.74, 6) is 0.199. The van der Waals surface area contributed by atoms with Gasteiger partial charge in [-0.05, 0) is 36.9 Å². The predicted octanol–water partition coefficient (Wildman–Crippen LogP) is 1.41. The minimum Gasteiger partial charge on any atom is -0.497 e. The van der Waals surface area contributed by atoms with E-state index in [1.165, 1.54) is 0 Å². The van der Waals surface area contributed by atoms with Crippen LogP contribution in [0.3, 0.4) is 0 Å². The second-order valence-corrected chi connectivity index (χ2v) is 7.66. The first-order valence-corrected chi connectivity index (χ1v) is 9.81. The van der Waals surface area contributed by atoms with E-state index in [1.807, 2.05) is 61.6 Å². The van der Waals surface area contributed by atoms with Gasteiger partial charge >= 0.3 is 0 Å². The first-order valence-electron chi connectivity index (χ1n) is 9.81. The van der Waals surface area contributed by atoms with Gasteiger partial charge < -0.3 is 15.0 Å². The van der Waals surface area contributed by atoms with Crippen LogP contribution >= 0.6 is 0 Å². The zero-order valence-corrected chi connectivity index (χ0v) is 16.7. The van der Waals surface area contributed by atoms with E-state index < -0.39 is 0 Å². The van der Waals surface area contributed by atoms with E-state index in [0.717, 1.165) is 17.0 Å². The van der Waals surface area contributed by atoms with Crippen molar-refractivity contribution in [2.45, 2.75) is 12.6 Å². The summed E-state index contributed by atoms with van der Waals surface area (Å²) in [5, 5.41) is 4.63. The third kappa shape index (κ3) is 3.97. The monoisotopic (exact) mass is 394 g/mol. The molecule has 0 aliphatic carbocycles. The Kier molecular flexibility index (Phi) is 5.51. The number of ether oxygens (including phenoxy) is 1. The summed E-state index contributed by atoms with van der Waals surface area (Å²) in [6.45, 7) is 1.69. The highest BCUT2D eigenvalue weighted by atomic mass is 16.5. The van der Waals surface area contributed by atoms with Crippen LogP contribution in [0.15, 0.2) is 54.6 Å². The van der Waals surface area contributed by atoms with Crippen LogP contribution < -0.4 is 20.5 Å². The number of hydrogen-bond acceptors (Lipinski definition) is 5. The van der Waals surface area contributed by atoms with Gasteiger partial charge in [0.1, 0.15) is 5.75 Å². The maximum Gasteiger partial charge on any atom is 0.247 e. The van der Waals surface area contributed by atoms with Crippen molar-refractivity contribution in [2.75, 3.05) is 32.3 Å². The number of nitrogens with zero attached hydrogens (tertiary/aromatic N) is 2. The minimum atomic E-state index is -0.310. The SMILES string of the molecule is COc1ccc(CNC(=O)C2CN(C)CC3C(=O)N(c4ccccc4)NC23)cc1. The van der Waals surface area contributed by atoms with E-state index in [9.17, 15) is 9.59 Å². The summed E-state index contributed by atoms with van der Waals surface area (Å²) >= 11 is 0. The molecule has 2 fully saturated rings. The Labute approximate surface area is 170 Å². The molecular weight excluding hydrogens is 368 g/mol. The van der Waals surface area contributed by atoms with Crippen molar-refractivity contribution in [3.05, 3.63) is 60.2 Å².